The van der Waals surface area contributed by atoms with Crippen molar-refractivity contribution in [1.29, 1.82) is 0 Å². The molecule has 0 unspecified atom stereocenters. The van der Waals surface area contributed by atoms with Crippen molar-refractivity contribution in [2.75, 3.05) is 18.5 Å². The normalized spacial score (nSPS) is 10.2. The van der Waals surface area contributed by atoms with Crippen molar-refractivity contribution in [1.82, 2.24) is 0 Å². The number of hydrogen-bond acceptors (Lipinski definition) is 4. The van der Waals surface area contributed by atoms with Crippen LogP contribution >= 0.6 is 0 Å². The van der Waals surface area contributed by atoms with Gasteiger partial charge in [-0.25, -0.2) is 4.39 Å². The second-order valence-electron chi connectivity index (χ2n) is 3.38. The Bertz CT molecular complexity index is 396. The molecule has 0 aliphatic heterocycles. The van der Waals surface area contributed by atoms with Gasteiger partial charge < -0.3 is 10.4 Å². The number of aryl methyl sites for hydroxylation is 1. The molecule has 0 aromatic heterocycles. The third kappa shape index (κ3) is 2.90. The number of nitrogens with zero attached hydrogens (tertiary/aromatic N) is 1. The van der Waals surface area contributed by atoms with Gasteiger partial charge in [-0.3, -0.25) is 10.1 Å². The van der Waals surface area contributed by atoms with E-state index in [0.29, 0.717) is 18.5 Å². The fourth-order valence-electron chi connectivity index (χ4n) is 1.27. The Hall–Kier alpha value is -1.69. The van der Waals surface area contributed by atoms with Crippen molar-refractivity contribution in [2.45, 2.75) is 13.3 Å². The number of nitro groups is 1. The zero-order valence-corrected chi connectivity index (χ0v) is 8.86. The van der Waals surface area contributed by atoms with E-state index in [9.17, 15) is 14.5 Å². The fourth-order valence-corrected chi connectivity index (χ4v) is 1.27. The summed E-state index contributed by atoms with van der Waals surface area (Å²) >= 11 is 0. The molecule has 2 N–H and O–H groups in total. The van der Waals surface area contributed by atoms with Gasteiger partial charge >= 0.3 is 0 Å². The van der Waals surface area contributed by atoms with E-state index in [1.807, 2.05) is 0 Å². The molecule has 0 spiro atoms. The lowest BCUT2D eigenvalue weighted by Gasteiger charge is -2.07. The Labute approximate surface area is 92.1 Å². The fraction of sp³-hybridized carbons (Fsp3) is 0.400. The minimum Gasteiger partial charge on any atom is -0.396 e. The van der Waals surface area contributed by atoms with Crippen molar-refractivity contribution in [2.24, 2.45) is 0 Å². The lowest BCUT2D eigenvalue weighted by Crippen LogP contribution is -2.06. The SMILES string of the molecule is Cc1cc(NCCCO)c([N+](=O)[O-])cc1F. The summed E-state index contributed by atoms with van der Waals surface area (Å²) in [5, 5.41) is 22.1. The minimum atomic E-state index is -0.635. The molecule has 0 aliphatic carbocycles. The third-order valence-electron chi connectivity index (χ3n) is 2.12. The van der Waals surface area contributed by atoms with Crippen LogP contribution in [0.3, 0.4) is 0 Å². The highest BCUT2D eigenvalue weighted by Gasteiger charge is 2.16. The van der Waals surface area contributed by atoms with Crippen LogP contribution in [-0.2, 0) is 0 Å². The van der Waals surface area contributed by atoms with Crippen molar-refractivity contribution >= 4 is 11.4 Å². The van der Waals surface area contributed by atoms with Crippen molar-refractivity contribution < 1.29 is 14.4 Å². The quantitative estimate of drug-likeness (QED) is 0.458. The molecule has 16 heavy (non-hydrogen) atoms. The molecular formula is C10H13FN2O3. The number of halogens is 1. The predicted octanol–water partition coefficient (Wildman–Crippen LogP) is 1.84. The number of nitrogens with one attached hydrogen (secondary N) is 1. The molecule has 0 bridgehead atoms. The van der Waals surface area contributed by atoms with Crippen LogP contribution in [0.15, 0.2) is 12.1 Å². The number of rotatable bonds is 5. The van der Waals surface area contributed by atoms with Gasteiger partial charge in [0.1, 0.15) is 11.5 Å². The zero-order chi connectivity index (χ0) is 12.1. The number of benzene rings is 1. The topological polar surface area (TPSA) is 75.4 Å². The average molecular weight is 228 g/mol. The Kier molecular flexibility index (Phi) is 4.19. The summed E-state index contributed by atoms with van der Waals surface area (Å²) < 4.78 is 13.1. The first kappa shape index (κ1) is 12.4. The minimum absolute atomic E-state index is 0.000967. The second kappa shape index (κ2) is 5.41. The van der Waals surface area contributed by atoms with Crippen LogP contribution in [0.4, 0.5) is 15.8 Å². The summed E-state index contributed by atoms with van der Waals surface area (Å²) in [7, 11) is 0. The molecule has 0 radical (unpaired) electrons. The van der Waals surface area contributed by atoms with Crippen molar-refractivity contribution in [3.05, 3.63) is 33.6 Å². The maximum atomic E-state index is 13.1. The molecule has 5 nitrogen and oxygen atoms in total. The number of nitro benzene ring substituents is 1. The van der Waals surface area contributed by atoms with E-state index < -0.39 is 10.7 Å². The Morgan fingerprint density at radius 3 is 2.81 bits per heavy atom. The summed E-state index contributed by atoms with van der Waals surface area (Å²) in [4.78, 5) is 10.0. The van der Waals surface area contributed by atoms with Gasteiger partial charge in [-0.05, 0) is 25.0 Å². The Morgan fingerprint density at radius 2 is 2.25 bits per heavy atom. The summed E-state index contributed by atoms with van der Waals surface area (Å²) in [5.41, 5.74) is 0.329. The average Bonchev–Trinajstić information content (AvgIpc) is 2.23. The number of hydrogen-bond donors (Lipinski definition) is 2. The zero-order valence-electron chi connectivity index (χ0n) is 8.86. The van der Waals surface area contributed by atoms with Crippen LogP contribution in [0, 0.1) is 22.9 Å². The van der Waals surface area contributed by atoms with Crippen molar-refractivity contribution in [3.63, 3.8) is 0 Å². The van der Waals surface area contributed by atoms with Crippen LogP contribution in [0.2, 0.25) is 0 Å². The van der Waals surface area contributed by atoms with Crippen LogP contribution in [0.1, 0.15) is 12.0 Å². The van der Waals surface area contributed by atoms with Gasteiger partial charge in [-0.1, -0.05) is 0 Å². The predicted molar refractivity (Wildman–Crippen MR) is 58.0 cm³/mol. The first-order valence-electron chi connectivity index (χ1n) is 4.85. The van der Waals surface area contributed by atoms with Gasteiger partial charge in [0, 0.05) is 13.2 Å². The molecular weight excluding hydrogens is 215 g/mol. The highest BCUT2D eigenvalue weighted by atomic mass is 19.1. The molecule has 1 aromatic rings. The summed E-state index contributed by atoms with van der Waals surface area (Å²) in [6.45, 7) is 1.94. The van der Waals surface area contributed by atoms with E-state index in [0.717, 1.165) is 6.07 Å². The van der Waals surface area contributed by atoms with E-state index >= 15 is 0 Å². The highest BCUT2D eigenvalue weighted by Crippen LogP contribution is 2.27. The lowest BCUT2D eigenvalue weighted by molar-refractivity contribution is -0.384. The molecule has 1 rings (SSSR count). The van der Waals surface area contributed by atoms with E-state index in [1.54, 1.807) is 0 Å². The Morgan fingerprint density at radius 1 is 1.56 bits per heavy atom. The first-order valence-corrected chi connectivity index (χ1v) is 4.85. The highest BCUT2D eigenvalue weighted by molar-refractivity contribution is 5.63. The molecule has 0 aliphatic rings. The summed E-state index contributed by atoms with van der Waals surface area (Å²) in [5.74, 6) is -0.598. The van der Waals surface area contributed by atoms with E-state index in [1.165, 1.54) is 13.0 Å². The van der Waals surface area contributed by atoms with Crippen LogP contribution in [0.5, 0.6) is 0 Å². The molecule has 6 heteroatoms. The van der Waals surface area contributed by atoms with Gasteiger partial charge in [0.25, 0.3) is 5.69 Å². The Balaban J connectivity index is 2.95. The summed E-state index contributed by atoms with van der Waals surface area (Å²) in [6, 6.07) is 2.29. The first-order chi connectivity index (χ1) is 7.56. The molecule has 0 fully saturated rings. The lowest BCUT2D eigenvalue weighted by atomic mass is 10.1. The molecule has 1 aromatic carbocycles. The van der Waals surface area contributed by atoms with E-state index in [2.05, 4.69) is 5.32 Å². The van der Waals surface area contributed by atoms with Gasteiger partial charge in [-0.15, -0.1) is 0 Å². The van der Waals surface area contributed by atoms with E-state index in [4.69, 9.17) is 5.11 Å². The molecule has 88 valence electrons. The maximum Gasteiger partial charge on any atom is 0.295 e. The van der Waals surface area contributed by atoms with Gasteiger partial charge in [0.05, 0.1) is 11.0 Å². The van der Waals surface area contributed by atoms with E-state index in [-0.39, 0.29) is 18.0 Å². The largest absolute Gasteiger partial charge is 0.396 e. The van der Waals surface area contributed by atoms with Crippen LogP contribution in [-0.4, -0.2) is 23.2 Å². The monoisotopic (exact) mass is 228 g/mol. The van der Waals surface area contributed by atoms with Crippen LogP contribution in [0.25, 0.3) is 0 Å². The molecule has 0 saturated heterocycles. The second-order valence-corrected chi connectivity index (χ2v) is 3.38. The molecule has 0 heterocycles. The van der Waals surface area contributed by atoms with Gasteiger partial charge in [-0.2, -0.15) is 0 Å². The third-order valence-corrected chi connectivity index (χ3v) is 2.12. The molecule has 0 saturated carbocycles. The molecule has 0 amide bonds. The van der Waals surface area contributed by atoms with Gasteiger partial charge in [0.15, 0.2) is 0 Å². The maximum absolute atomic E-state index is 13.1. The number of anilines is 1. The number of aliphatic hydroxyl groups is 1. The van der Waals surface area contributed by atoms with Crippen molar-refractivity contribution in [3.8, 4) is 0 Å². The standard InChI is InChI=1S/C10H13FN2O3/c1-7-5-9(12-3-2-4-14)10(13(15)16)6-8(7)11/h5-6,12,14H,2-4H2,1H3. The number of aliphatic hydroxyl groups excluding tert-OH is 1. The summed E-state index contributed by atoms with van der Waals surface area (Å²) in [6.07, 6.45) is 0.480. The van der Waals surface area contributed by atoms with Crippen LogP contribution < -0.4 is 5.32 Å². The molecule has 0 atom stereocenters. The van der Waals surface area contributed by atoms with Gasteiger partial charge in [0.2, 0.25) is 0 Å². The smallest absolute Gasteiger partial charge is 0.295 e.